The summed E-state index contributed by atoms with van der Waals surface area (Å²) in [4.78, 5) is 10.2. The van der Waals surface area contributed by atoms with Crippen LogP contribution in [-0.4, -0.2) is 12.4 Å². The van der Waals surface area contributed by atoms with Crippen LogP contribution >= 0.6 is 11.6 Å². The number of rotatable bonds is 3. The number of aldehydes is 1. The Morgan fingerprint density at radius 1 is 1.42 bits per heavy atom. The van der Waals surface area contributed by atoms with Crippen molar-refractivity contribution in [1.82, 2.24) is 0 Å². The lowest BCUT2D eigenvalue weighted by Gasteiger charge is -2.07. The lowest BCUT2D eigenvalue weighted by Crippen LogP contribution is -2.12. The number of benzene rings is 1. The number of carbonyl (C=O) groups excluding carboxylic acids is 1. The Morgan fingerprint density at radius 2 is 2.00 bits per heavy atom. The molecule has 0 saturated carbocycles. The summed E-state index contributed by atoms with van der Waals surface area (Å²) in [5.41, 5.74) is 0. The van der Waals surface area contributed by atoms with Crippen LogP contribution in [-0.2, 0) is 4.79 Å². The van der Waals surface area contributed by atoms with E-state index in [-0.39, 0.29) is 0 Å². The maximum atomic E-state index is 10.2. The smallest absolute Gasteiger partial charge is 0.160 e. The Labute approximate surface area is 76.1 Å². The van der Waals surface area contributed by atoms with Gasteiger partial charge in [-0.1, -0.05) is 11.6 Å². The van der Waals surface area contributed by atoms with Gasteiger partial charge in [0.2, 0.25) is 0 Å². The van der Waals surface area contributed by atoms with Gasteiger partial charge in [-0.05, 0) is 31.2 Å². The van der Waals surface area contributed by atoms with E-state index >= 15 is 0 Å². The zero-order valence-electron chi connectivity index (χ0n) is 6.66. The molecule has 0 N–H and O–H groups in total. The molecule has 0 amide bonds. The molecule has 0 saturated heterocycles. The quantitative estimate of drug-likeness (QED) is 0.674. The Hall–Kier alpha value is -1.02. The highest BCUT2D eigenvalue weighted by Crippen LogP contribution is 2.16. The summed E-state index contributed by atoms with van der Waals surface area (Å²) in [5.74, 6) is 0.652. The summed E-state index contributed by atoms with van der Waals surface area (Å²) in [6.45, 7) is 1.68. The van der Waals surface area contributed by atoms with Crippen molar-refractivity contribution in [2.24, 2.45) is 0 Å². The number of halogens is 1. The molecular weight excluding hydrogens is 176 g/mol. The molecule has 1 rings (SSSR count). The second kappa shape index (κ2) is 4.12. The fourth-order valence-electron chi connectivity index (χ4n) is 0.756. The van der Waals surface area contributed by atoms with Crippen molar-refractivity contribution in [1.29, 1.82) is 0 Å². The monoisotopic (exact) mass is 184 g/mol. The third kappa shape index (κ3) is 2.55. The lowest BCUT2D eigenvalue weighted by atomic mass is 10.3. The van der Waals surface area contributed by atoms with Crippen LogP contribution in [0.25, 0.3) is 0 Å². The van der Waals surface area contributed by atoms with Gasteiger partial charge in [-0.25, -0.2) is 0 Å². The molecule has 1 aromatic carbocycles. The maximum absolute atomic E-state index is 10.2. The van der Waals surface area contributed by atoms with E-state index in [1.54, 1.807) is 31.2 Å². The molecule has 0 aromatic heterocycles. The van der Waals surface area contributed by atoms with Crippen molar-refractivity contribution in [2.45, 2.75) is 13.0 Å². The minimum absolute atomic E-state index is 0.411. The Morgan fingerprint density at radius 3 is 2.50 bits per heavy atom. The summed E-state index contributed by atoms with van der Waals surface area (Å²) in [7, 11) is 0. The highest BCUT2D eigenvalue weighted by molar-refractivity contribution is 6.30. The topological polar surface area (TPSA) is 26.3 Å². The normalized spacial score (nSPS) is 12.2. The van der Waals surface area contributed by atoms with E-state index in [0.717, 1.165) is 6.29 Å². The van der Waals surface area contributed by atoms with Crippen molar-refractivity contribution >= 4 is 17.9 Å². The van der Waals surface area contributed by atoms with Gasteiger partial charge in [0, 0.05) is 5.02 Å². The van der Waals surface area contributed by atoms with Gasteiger partial charge >= 0.3 is 0 Å². The number of ether oxygens (including phenoxy) is 1. The van der Waals surface area contributed by atoms with E-state index < -0.39 is 6.10 Å². The van der Waals surface area contributed by atoms with Gasteiger partial charge in [-0.2, -0.15) is 0 Å². The van der Waals surface area contributed by atoms with Crippen molar-refractivity contribution in [2.75, 3.05) is 0 Å². The van der Waals surface area contributed by atoms with Crippen LogP contribution in [0.5, 0.6) is 5.75 Å². The molecule has 0 heterocycles. The highest BCUT2D eigenvalue weighted by atomic mass is 35.5. The molecule has 0 radical (unpaired) electrons. The van der Waals surface area contributed by atoms with Gasteiger partial charge in [0.15, 0.2) is 12.4 Å². The molecule has 0 unspecified atom stereocenters. The summed E-state index contributed by atoms with van der Waals surface area (Å²) in [6, 6.07) is 6.88. The summed E-state index contributed by atoms with van der Waals surface area (Å²) in [5, 5.41) is 0.654. The summed E-state index contributed by atoms with van der Waals surface area (Å²) < 4.78 is 5.19. The van der Waals surface area contributed by atoms with Crippen molar-refractivity contribution in [3.05, 3.63) is 29.3 Å². The van der Waals surface area contributed by atoms with Gasteiger partial charge in [0.05, 0.1) is 0 Å². The molecule has 0 fully saturated rings. The molecule has 64 valence electrons. The average molecular weight is 185 g/mol. The van der Waals surface area contributed by atoms with E-state index in [0.29, 0.717) is 10.8 Å². The van der Waals surface area contributed by atoms with Crippen LogP contribution in [0.15, 0.2) is 24.3 Å². The largest absolute Gasteiger partial charge is 0.483 e. The summed E-state index contributed by atoms with van der Waals surface area (Å²) >= 11 is 5.66. The standard InChI is InChI=1S/C9H9ClO2/c1-7(6-11)12-9-4-2-8(10)3-5-9/h2-7H,1H3/t7-/m0/s1. The van der Waals surface area contributed by atoms with Crippen LogP contribution in [0, 0.1) is 0 Å². The third-order valence-electron chi connectivity index (χ3n) is 1.33. The first-order chi connectivity index (χ1) is 5.72. The molecule has 1 aromatic rings. The van der Waals surface area contributed by atoms with E-state index in [1.807, 2.05) is 0 Å². The maximum Gasteiger partial charge on any atom is 0.160 e. The predicted molar refractivity (Wildman–Crippen MR) is 47.6 cm³/mol. The fraction of sp³-hybridized carbons (Fsp3) is 0.222. The Kier molecular flexibility index (Phi) is 3.11. The van der Waals surface area contributed by atoms with Crippen LogP contribution in [0.2, 0.25) is 5.02 Å². The van der Waals surface area contributed by atoms with E-state index in [4.69, 9.17) is 16.3 Å². The molecule has 0 aliphatic heterocycles. The average Bonchev–Trinajstić information content (AvgIpc) is 2.09. The molecule has 0 aliphatic carbocycles. The molecular formula is C9H9ClO2. The third-order valence-corrected chi connectivity index (χ3v) is 1.58. The van der Waals surface area contributed by atoms with E-state index in [1.165, 1.54) is 0 Å². The molecule has 12 heavy (non-hydrogen) atoms. The van der Waals surface area contributed by atoms with Crippen LogP contribution < -0.4 is 4.74 Å². The molecule has 3 heteroatoms. The first kappa shape index (κ1) is 9.07. The molecule has 0 bridgehead atoms. The van der Waals surface area contributed by atoms with E-state index in [2.05, 4.69) is 0 Å². The SMILES string of the molecule is C[C@@H](C=O)Oc1ccc(Cl)cc1. The fourth-order valence-corrected chi connectivity index (χ4v) is 0.882. The minimum atomic E-state index is -0.411. The van der Waals surface area contributed by atoms with Crippen LogP contribution in [0.4, 0.5) is 0 Å². The van der Waals surface area contributed by atoms with Crippen molar-refractivity contribution in [3.8, 4) is 5.75 Å². The second-order valence-corrected chi connectivity index (χ2v) is 2.85. The number of hydrogen-bond donors (Lipinski definition) is 0. The molecule has 0 aliphatic rings. The number of carbonyl (C=O) groups is 1. The van der Waals surface area contributed by atoms with Gasteiger partial charge in [0.1, 0.15) is 5.75 Å². The highest BCUT2D eigenvalue weighted by Gasteiger charge is 2.00. The zero-order chi connectivity index (χ0) is 8.97. The Balaban J connectivity index is 2.64. The molecule has 0 spiro atoms. The van der Waals surface area contributed by atoms with Crippen molar-refractivity contribution < 1.29 is 9.53 Å². The first-order valence-electron chi connectivity index (χ1n) is 3.60. The molecule has 1 atom stereocenters. The zero-order valence-corrected chi connectivity index (χ0v) is 7.41. The lowest BCUT2D eigenvalue weighted by molar-refractivity contribution is -0.113. The predicted octanol–water partition coefficient (Wildman–Crippen LogP) is 2.31. The van der Waals surface area contributed by atoms with Gasteiger partial charge in [-0.3, -0.25) is 4.79 Å². The second-order valence-electron chi connectivity index (χ2n) is 2.41. The van der Waals surface area contributed by atoms with Gasteiger partial charge in [0.25, 0.3) is 0 Å². The first-order valence-corrected chi connectivity index (χ1v) is 3.97. The van der Waals surface area contributed by atoms with E-state index in [9.17, 15) is 4.79 Å². The van der Waals surface area contributed by atoms with Crippen LogP contribution in [0.1, 0.15) is 6.92 Å². The Bertz CT molecular complexity index is 256. The number of hydrogen-bond acceptors (Lipinski definition) is 2. The van der Waals surface area contributed by atoms with Gasteiger partial charge < -0.3 is 4.74 Å². The summed E-state index contributed by atoms with van der Waals surface area (Å²) in [6.07, 6.45) is 0.334. The van der Waals surface area contributed by atoms with Crippen LogP contribution in [0.3, 0.4) is 0 Å². The van der Waals surface area contributed by atoms with Crippen molar-refractivity contribution in [3.63, 3.8) is 0 Å². The molecule has 2 nitrogen and oxygen atoms in total. The minimum Gasteiger partial charge on any atom is -0.483 e. The van der Waals surface area contributed by atoms with Gasteiger partial charge in [-0.15, -0.1) is 0 Å².